The summed E-state index contributed by atoms with van der Waals surface area (Å²) in [7, 11) is -3.22. The Kier molecular flexibility index (Phi) is 4.61. The molecule has 4 nitrogen and oxygen atoms in total. The summed E-state index contributed by atoms with van der Waals surface area (Å²) in [6, 6.07) is 4.12. The third-order valence-corrected chi connectivity index (χ3v) is 6.31. The first-order valence-electron chi connectivity index (χ1n) is 6.43. The number of hydrogen-bond donors (Lipinski definition) is 0. The highest BCUT2D eigenvalue weighted by Crippen LogP contribution is 2.34. The minimum absolute atomic E-state index is 0.0528. The Hall–Kier alpha value is -0.900. The molecule has 0 aromatic carbocycles. The van der Waals surface area contributed by atoms with E-state index in [1.54, 1.807) is 15.6 Å². The summed E-state index contributed by atoms with van der Waals surface area (Å²) in [5.74, 6) is 0.397. The number of sulfonamides is 1. The van der Waals surface area contributed by atoms with Gasteiger partial charge in [0.05, 0.1) is 11.8 Å². The van der Waals surface area contributed by atoms with Crippen LogP contribution in [0.5, 0.6) is 0 Å². The van der Waals surface area contributed by atoms with E-state index >= 15 is 0 Å². The van der Waals surface area contributed by atoms with Gasteiger partial charge in [0, 0.05) is 24.9 Å². The van der Waals surface area contributed by atoms with Crippen LogP contribution in [0.15, 0.2) is 16.8 Å². The molecule has 2 rings (SSSR count). The lowest BCUT2D eigenvalue weighted by Crippen LogP contribution is -2.35. The predicted molar refractivity (Wildman–Crippen MR) is 76.5 cm³/mol. The average molecular weight is 298 g/mol. The van der Waals surface area contributed by atoms with E-state index in [1.807, 2.05) is 18.4 Å². The van der Waals surface area contributed by atoms with Gasteiger partial charge in [-0.1, -0.05) is 0 Å². The van der Waals surface area contributed by atoms with Crippen LogP contribution in [0.25, 0.3) is 0 Å². The van der Waals surface area contributed by atoms with Crippen LogP contribution in [0, 0.1) is 11.3 Å². The largest absolute Gasteiger partial charge is 0.214 e. The Morgan fingerprint density at radius 3 is 3.00 bits per heavy atom. The summed E-state index contributed by atoms with van der Waals surface area (Å²) in [5.41, 5.74) is 1.24. The van der Waals surface area contributed by atoms with Crippen molar-refractivity contribution in [1.29, 1.82) is 5.26 Å². The Morgan fingerprint density at radius 2 is 2.37 bits per heavy atom. The molecule has 0 amide bonds. The van der Waals surface area contributed by atoms with Crippen molar-refractivity contribution in [3.05, 3.63) is 22.4 Å². The zero-order chi connectivity index (χ0) is 13.9. The molecule has 1 aromatic rings. The van der Waals surface area contributed by atoms with Gasteiger partial charge < -0.3 is 0 Å². The minimum atomic E-state index is -3.22. The maximum Gasteiger partial charge on any atom is 0.214 e. The summed E-state index contributed by atoms with van der Waals surface area (Å²) in [6.45, 7) is 2.54. The maximum absolute atomic E-state index is 12.3. The molecule has 1 aromatic heterocycles. The highest BCUT2D eigenvalue weighted by Gasteiger charge is 2.37. The molecule has 6 heteroatoms. The molecule has 0 unspecified atom stereocenters. The molecule has 2 atom stereocenters. The van der Waals surface area contributed by atoms with Crippen molar-refractivity contribution in [3.8, 4) is 6.07 Å². The molecule has 19 heavy (non-hydrogen) atoms. The van der Waals surface area contributed by atoms with Gasteiger partial charge in [0.1, 0.15) is 0 Å². The Balaban J connectivity index is 2.03. The molecular formula is C13H18N2O2S2. The number of thiophene rings is 1. The first-order valence-corrected chi connectivity index (χ1v) is 8.98. The van der Waals surface area contributed by atoms with Gasteiger partial charge in [-0.15, -0.1) is 0 Å². The second-order valence-corrected chi connectivity index (χ2v) is 7.81. The van der Waals surface area contributed by atoms with Crippen LogP contribution >= 0.6 is 11.3 Å². The van der Waals surface area contributed by atoms with Gasteiger partial charge in [-0.05, 0) is 42.2 Å². The van der Waals surface area contributed by atoms with Crippen molar-refractivity contribution in [2.45, 2.75) is 38.1 Å². The van der Waals surface area contributed by atoms with E-state index in [1.165, 1.54) is 5.56 Å². The number of nitrogens with zero attached hydrogens (tertiary/aromatic N) is 2. The van der Waals surface area contributed by atoms with Crippen LogP contribution in [-0.2, 0) is 10.0 Å². The molecule has 0 spiro atoms. The molecule has 2 heterocycles. The highest BCUT2D eigenvalue weighted by atomic mass is 32.2. The van der Waals surface area contributed by atoms with Crippen molar-refractivity contribution in [2.24, 2.45) is 0 Å². The van der Waals surface area contributed by atoms with Gasteiger partial charge in [0.2, 0.25) is 10.0 Å². The number of unbranched alkanes of at least 4 members (excludes halogenated alkanes) is 1. The van der Waals surface area contributed by atoms with Crippen molar-refractivity contribution >= 4 is 21.4 Å². The first-order chi connectivity index (χ1) is 9.04. The van der Waals surface area contributed by atoms with Crippen molar-refractivity contribution in [2.75, 3.05) is 12.3 Å². The monoisotopic (exact) mass is 298 g/mol. The quantitative estimate of drug-likeness (QED) is 0.785. The molecule has 104 valence electrons. The number of nitriles is 1. The lowest BCUT2D eigenvalue weighted by atomic mass is 10.00. The molecule has 0 aliphatic carbocycles. The predicted octanol–water partition coefficient (Wildman–Crippen LogP) is 2.56. The maximum atomic E-state index is 12.3. The molecule has 1 aliphatic heterocycles. The summed E-state index contributed by atoms with van der Waals surface area (Å²) < 4.78 is 26.1. The lowest BCUT2D eigenvalue weighted by Gasteiger charge is -2.20. The third-order valence-electron chi connectivity index (χ3n) is 3.58. The van der Waals surface area contributed by atoms with Gasteiger partial charge in [-0.3, -0.25) is 0 Å². The fraction of sp³-hybridized carbons (Fsp3) is 0.615. The van der Waals surface area contributed by atoms with Crippen molar-refractivity contribution in [3.63, 3.8) is 0 Å². The Bertz CT molecular complexity index is 546. The number of hydrogen-bond acceptors (Lipinski definition) is 4. The number of rotatable bonds is 5. The van der Waals surface area contributed by atoms with Crippen LogP contribution in [-0.4, -0.2) is 31.1 Å². The van der Waals surface area contributed by atoms with Crippen LogP contribution in [0.1, 0.15) is 37.7 Å². The van der Waals surface area contributed by atoms with Gasteiger partial charge >= 0.3 is 0 Å². The topological polar surface area (TPSA) is 61.2 Å². The van der Waals surface area contributed by atoms with Gasteiger partial charge in [-0.25, -0.2) is 8.42 Å². The molecule has 0 saturated carbocycles. The first kappa shape index (κ1) is 14.5. The van der Waals surface area contributed by atoms with Crippen LogP contribution < -0.4 is 0 Å². The van der Waals surface area contributed by atoms with E-state index in [4.69, 9.17) is 5.26 Å². The smallest absolute Gasteiger partial charge is 0.212 e. The van der Waals surface area contributed by atoms with Crippen LogP contribution in [0.3, 0.4) is 0 Å². The second-order valence-electron chi connectivity index (χ2n) is 4.99. The average Bonchev–Trinajstić information content (AvgIpc) is 2.97. The molecule has 0 bridgehead atoms. The van der Waals surface area contributed by atoms with E-state index in [2.05, 4.69) is 11.4 Å². The summed E-state index contributed by atoms with van der Waals surface area (Å²) in [5, 5.41) is 12.6. The molecule has 0 radical (unpaired) electrons. The van der Waals surface area contributed by atoms with Crippen molar-refractivity contribution < 1.29 is 8.42 Å². The summed E-state index contributed by atoms with van der Waals surface area (Å²) in [6.07, 6.45) is 1.61. The van der Waals surface area contributed by atoms with Crippen LogP contribution in [0.2, 0.25) is 0 Å². The second kappa shape index (κ2) is 6.04. The third kappa shape index (κ3) is 3.35. The van der Waals surface area contributed by atoms with E-state index in [-0.39, 0.29) is 11.8 Å². The zero-order valence-electron chi connectivity index (χ0n) is 10.9. The fourth-order valence-corrected chi connectivity index (χ4v) is 5.12. The SMILES string of the molecule is C[C@H]1C[C@@H](c2ccsc2)CN1S(=O)(=O)CCCC#N. The Morgan fingerprint density at radius 1 is 1.58 bits per heavy atom. The van der Waals surface area contributed by atoms with Gasteiger partial charge in [0.25, 0.3) is 0 Å². The molecule has 1 fully saturated rings. The van der Waals surface area contributed by atoms with E-state index < -0.39 is 10.0 Å². The molecular weight excluding hydrogens is 280 g/mol. The molecule has 1 aliphatic rings. The Labute approximate surface area is 118 Å². The van der Waals surface area contributed by atoms with Gasteiger partial charge in [0.15, 0.2) is 0 Å². The van der Waals surface area contributed by atoms with E-state index in [9.17, 15) is 8.42 Å². The molecule has 1 saturated heterocycles. The van der Waals surface area contributed by atoms with E-state index in [0.717, 1.165) is 6.42 Å². The van der Waals surface area contributed by atoms with Crippen molar-refractivity contribution in [1.82, 2.24) is 4.31 Å². The normalized spacial score (nSPS) is 24.4. The standard InChI is InChI=1S/C13H18N2O2S2/c1-11-8-13(12-4-6-18-10-12)9-15(11)19(16,17)7-3-2-5-14/h4,6,10-11,13H,2-3,7-9H2,1H3/t11-,13+/m0/s1. The van der Waals surface area contributed by atoms with E-state index in [0.29, 0.717) is 25.3 Å². The summed E-state index contributed by atoms with van der Waals surface area (Å²) in [4.78, 5) is 0. The highest BCUT2D eigenvalue weighted by molar-refractivity contribution is 7.89. The van der Waals surface area contributed by atoms with Crippen LogP contribution in [0.4, 0.5) is 0 Å². The lowest BCUT2D eigenvalue weighted by molar-refractivity contribution is 0.406. The zero-order valence-corrected chi connectivity index (χ0v) is 12.6. The van der Waals surface area contributed by atoms with Gasteiger partial charge in [-0.2, -0.15) is 20.9 Å². The molecule has 0 N–H and O–H groups in total. The fourth-order valence-electron chi connectivity index (χ4n) is 2.59. The minimum Gasteiger partial charge on any atom is -0.212 e. The summed E-state index contributed by atoms with van der Waals surface area (Å²) >= 11 is 1.65.